The summed E-state index contributed by atoms with van der Waals surface area (Å²) in [5, 5.41) is 11.2. The second-order valence-electron chi connectivity index (χ2n) is 5.55. The molecule has 0 spiro atoms. The van der Waals surface area contributed by atoms with E-state index in [0.717, 1.165) is 27.9 Å². The van der Waals surface area contributed by atoms with E-state index in [9.17, 15) is 0 Å². The van der Waals surface area contributed by atoms with Gasteiger partial charge in [-0.25, -0.2) is 9.97 Å². The molecule has 0 bridgehead atoms. The molecule has 2 atom stereocenters. The predicted molar refractivity (Wildman–Crippen MR) is 84.1 cm³/mol. The molecule has 104 valence electrons. The molecule has 0 aliphatic heterocycles. The fourth-order valence-corrected chi connectivity index (χ4v) is 4.98. The molecule has 0 aromatic carbocycles. The molecule has 0 N–H and O–H groups in total. The van der Waals surface area contributed by atoms with E-state index in [1.807, 2.05) is 18.3 Å². The summed E-state index contributed by atoms with van der Waals surface area (Å²) in [5.74, 6) is 1.63. The molecule has 5 heteroatoms. The highest BCUT2D eigenvalue weighted by atomic mass is 32.2. The van der Waals surface area contributed by atoms with Gasteiger partial charge in [0, 0.05) is 16.0 Å². The topological polar surface area (TPSA) is 49.6 Å². The van der Waals surface area contributed by atoms with Crippen molar-refractivity contribution in [3.05, 3.63) is 16.8 Å². The molecule has 2 aromatic rings. The Hall–Kier alpha value is -1.12. The molecular formula is C15H17N3S2. The number of hydrogen-bond acceptors (Lipinski definition) is 5. The summed E-state index contributed by atoms with van der Waals surface area (Å²) in [6.07, 6.45) is 5.24. The number of nitriles is 1. The number of nitrogens with zero attached hydrogens (tertiary/aromatic N) is 3. The van der Waals surface area contributed by atoms with E-state index < -0.39 is 0 Å². The van der Waals surface area contributed by atoms with Crippen molar-refractivity contribution < 1.29 is 0 Å². The molecule has 2 heterocycles. The Bertz CT molecular complexity index is 672. The van der Waals surface area contributed by atoms with Crippen LogP contribution in [0.15, 0.2) is 11.4 Å². The molecule has 3 rings (SSSR count). The molecule has 0 fully saturated rings. The van der Waals surface area contributed by atoms with Gasteiger partial charge in [0.05, 0.1) is 12.0 Å². The molecule has 0 amide bonds. The third kappa shape index (κ3) is 2.55. The molecule has 2 aromatic heterocycles. The Balaban J connectivity index is 1.99. The average Bonchev–Trinajstić information content (AvgIpc) is 2.82. The van der Waals surface area contributed by atoms with Crippen molar-refractivity contribution in [2.75, 3.05) is 5.75 Å². The Kier molecular flexibility index (Phi) is 3.95. The summed E-state index contributed by atoms with van der Waals surface area (Å²) in [5.41, 5.74) is 1.47. The summed E-state index contributed by atoms with van der Waals surface area (Å²) in [7, 11) is 0. The number of hydrogen-bond donors (Lipinski definition) is 0. The maximum absolute atomic E-state index is 8.91. The number of thiophene rings is 1. The SMILES string of the molecule is C[C@H]1CCc2c(sc3ncnc(SC[C@@H](C)C#N)c23)C1. The predicted octanol–water partition coefficient (Wildman–Crippen LogP) is 4.07. The van der Waals surface area contributed by atoms with Gasteiger partial charge in [-0.3, -0.25) is 0 Å². The van der Waals surface area contributed by atoms with E-state index in [0.29, 0.717) is 0 Å². The van der Waals surface area contributed by atoms with Gasteiger partial charge in [-0.05, 0) is 37.7 Å². The van der Waals surface area contributed by atoms with Crippen LogP contribution in [-0.4, -0.2) is 15.7 Å². The number of aromatic nitrogens is 2. The van der Waals surface area contributed by atoms with Crippen LogP contribution in [0.3, 0.4) is 0 Å². The lowest BCUT2D eigenvalue weighted by Gasteiger charge is -2.18. The zero-order chi connectivity index (χ0) is 14.1. The maximum atomic E-state index is 8.91. The number of rotatable bonds is 3. The number of fused-ring (bicyclic) bond motifs is 3. The first-order chi connectivity index (χ1) is 9.69. The zero-order valence-corrected chi connectivity index (χ0v) is 13.4. The van der Waals surface area contributed by atoms with E-state index in [-0.39, 0.29) is 5.92 Å². The Morgan fingerprint density at radius 1 is 1.55 bits per heavy atom. The fourth-order valence-electron chi connectivity index (χ4n) is 2.60. The Morgan fingerprint density at radius 2 is 2.40 bits per heavy atom. The quantitative estimate of drug-likeness (QED) is 0.633. The molecule has 0 unspecified atom stereocenters. The van der Waals surface area contributed by atoms with Gasteiger partial charge in [0.15, 0.2) is 0 Å². The molecule has 1 aliphatic rings. The largest absolute Gasteiger partial charge is 0.229 e. The standard InChI is InChI=1S/C15H17N3S2/c1-9-3-4-11-12(5-9)20-15-13(11)14(17-8-18-15)19-7-10(2)6-16/h8-10H,3-5,7H2,1-2H3/t9-,10-/m0/s1. The van der Waals surface area contributed by atoms with Crippen molar-refractivity contribution in [3.63, 3.8) is 0 Å². The average molecular weight is 303 g/mol. The van der Waals surface area contributed by atoms with E-state index in [2.05, 4.69) is 23.0 Å². The van der Waals surface area contributed by atoms with Crippen LogP contribution in [-0.2, 0) is 12.8 Å². The third-order valence-corrected chi connectivity index (χ3v) is 6.16. The van der Waals surface area contributed by atoms with Crippen LogP contribution in [0.1, 0.15) is 30.7 Å². The van der Waals surface area contributed by atoms with Crippen LogP contribution in [0.5, 0.6) is 0 Å². The Morgan fingerprint density at radius 3 is 3.20 bits per heavy atom. The molecule has 20 heavy (non-hydrogen) atoms. The van der Waals surface area contributed by atoms with Gasteiger partial charge >= 0.3 is 0 Å². The molecule has 1 aliphatic carbocycles. The minimum absolute atomic E-state index is 0.0551. The van der Waals surface area contributed by atoms with Crippen molar-refractivity contribution in [1.29, 1.82) is 5.26 Å². The van der Waals surface area contributed by atoms with Crippen LogP contribution >= 0.6 is 23.1 Å². The lowest BCUT2D eigenvalue weighted by atomic mass is 9.89. The highest BCUT2D eigenvalue weighted by Gasteiger charge is 2.23. The monoisotopic (exact) mass is 303 g/mol. The zero-order valence-electron chi connectivity index (χ0n) is 11.7. The van der Waals surface area contributed by atoms with Gasteiger partial charge < -0.3 is 0 Å². The van der Waals surface area contributed by atoms with Gasteiger partial charge in [0.25, 0.3) is 0 Å². The van der Waals surface area contributed by atoms with Crippen molar-refractivity contribution in [2.45, 2.75) is 38.1 Å². The van der Waals surface area contributed by atoms with Gasteiger partial charge in [-0.2, -0.15) is 5.26 Å². The first-order valence-corrected chi connectivity index (χ1v) is 8.77. The smallest absolute Gasteiger partial charge is 0.128 e. The minimum atomic E-state index is 0.0551. The van der Waals surface area contributed by atoms with Crippen LogP contribution in [0.25, 0.3) is 10.2 Å². The van der Waals surface area contributed by atoms with E-state index >= 15 is 0 Å². The summed E-state index contributed by atoms with van der Waals surface area (Å²) in [6, 6.07) is 2.28. The molecule has 0 saturated heterocycles. The lowest BCUT2D eigenvalue weighted by molar-refractivity contribution is 0.509. The molecule has 3 nitrogen and oxygen atoms in total. The normalized spacial score (nSPS) is 19.6. The summed E-state index contributed by atoms with van der Waals surface area (Å²) < 4.78 is 0. The summed E-state index contributed by atoms with van der Waals surface area (Å²) in [4.78, 5) is 11.5. The van der Waals surface area contributed by atoms with Gasteiger partial charge in [-0.1, -0.05) is 6.92 Å². The second-order valence-corrected chi connectivity index (χ2v) is 7.64. The number of aryl methyl sites for hydroxylation is 1. The minimum Gasteiger partial charge on any atom is -0.229 e. The molecule has 0 saturated carbocycles. The number of thioether (sulfide) groups is 1. The van der Waals surface area contributed by atoms with Crippen molar-refractivity contribution >= 4 is 33.3 Å². The second kappa shape index (κ2) is 5.71. The maximum Gasteiger partial charge on any atom is 0.128 e. The summed E-state index contributed by atoms with van der Waals surface area (Å²) >= 11 is 3.52. The summed E-state index contributed by atoms with van der Waals surface area (Å²) in [6.45, 7) is 4.28. The molecular weight excluding hydrogens is 286 g/mol. The van der Waals surface area contributed by atoms with E-state index in [1.54, 1.807) is 18.1 Å². The lowest BCUT2D eigenvalue weighted by Crippen LogP contribution is -2.08. The first-order valence-electron chi connectivity index (χ1n) is 6.96. The fraction of sp³-hybridized carbons (Fsp3) is 0.533. The van der Waals surface area contributed by atoms with Crippen molar-refractivity contribution in [3.8, 4) is 6.07 Å². The van der Waals surface area contributed by atoms with Crippen molar-refractivity contribution in [2.24, 2.45) is 11.8 Å². The van der Waals surface area contributed by atoms with Gasteiger partial charge in [-0.15, -0.1) is 23.1 Å². The Labute approximate surface area is 127 Å². The third-order valence-electron chi connectivity index (χ3n) is 3.75. The highest BCUT2D eigenvalue weighted by molar-refractivity contribution is 7.99. The van der Waals surface area contributed by atoms with Gasteiger partial charge in [0.1, 0.15) is 16.2 Å². The van der Waals surface area contributed by atoms with E-state index in [4.69, 9.17) is 5.26 Å². The van der Waals surface area contributed by atoms with Crippen LogP contribution in [0.4, 0.5) is 0 Å². The van der Waals surface area contributed by atoms with E-state index in [1.165, 1.54) is 28.7 Å². The first kappa shape index (κ1) is 13.8. The highest BCUT2D eigenvalue weighted by Crippen LogP contribution is 2.40. The van der Waals surface area contributed by atoms with Gasteiger partial charge in [0.2, 0.25) is 0 Å². The van der Waals surface area contributed by atoms with Crippen LogP contribution in [0.2, 0.25) is 0 Å². The molecule has 0 radical (unpaired) electrons. The van der Waals surface area contributed by atoms with Crippen molar-refractivity contribution in [1.82, 2.24) is 9.97 Å². The van der Waals surface area contributed by atoms with Crippen LogP contribution in [0, 0.1) is 23.2 Å². The van der Waals surface area contributed by atoms with Crippen LogP contribution < -0.4 is 0 Å².